The van der Waals surface area contributed by atoms with E-state index in [1.807, 2.05) is 24.3 Å². The van der Waals surface area contributed by atoms with Gasteiger partial charge in [0, 0.05) is 11.1 Å². The third kappa shape index (κ3) is 2.94. The summed E-state index contributed by atoms with van der Waals surface area (Å²) in [5.74, 6) is 1.30. The average Bonchev–Trinajstić information content (AvgIpc) is 2.63. The first kappa shape index (κ1) is 15.6. The normalized spacial score (nSPS) is 10.4. The lowest BCUT2D eigenvalue weighted by atomic mass is 10.0. The van der Waals surface area contributed by atoms with Gasteiger partial charge in [0.1, 0.15) is 11.5 Å². The van der Waals surface area contributed by atoms with E-state index in [1.165, 1.54) is 0 Å². The Balaban J connectivity index is 2.27. The number of aromatic amines is 2. The van der Waals surface area contributed by atoms with E-state index in [0.717, 1.165) is 11.1 Å². The van der Waals surface area contributed by atoms with Crippen LogP contribution in [0.25, 0.3) is 22.5 Å². The second-order valence-corrected chi connectivity index (χ2v) is 5.12. The van der Waals surface area contributed by atoms with Crippen LogP contribution < -0.4 is 20.6 Å². The predicted octanol–water partition coefficient (Wildman–Crippen LogP) is 2.41. The molecule has 2 N–H and O–H groups in total. The molecule has 0 unspecified atom stereocenters. The number of rotatable bonds is 4. The van der Waals surface area contributed by atoms with Gasteiger partial charge in [0.15, 0.2) is 0 Å². The SMILES string of the molecule is COc1cccc(-c2[nH]c(=O)c(=O)[nH]c2-c2cccc(OC)c2)c1. The molecule has 0 fully saturated rings. The van der Waals surface area contributed by atoms with Crippen LogP contribution >= 0.6 is 0 Å². The molecule has 24 heavy (non-hydrogen) atoms. The molecule has 6 heteroatoms. The van der Waals surface area contributed by atoms with Gasteiger partial charge in [-0.3, -0.25) is 9.59 Å². The first-order chi connectivity index (χ1) is 11.6. The Morgan fingerprint density at radius 3 is 1.50 bits per heavy atom. The van der Waals surface area contributed by atoms with E-state index in [-0.39, 0.29) is 0 Å². The summed E-state index contributed by atoms with van der Waals surface area (Å²) in [5, 5.41) is 0. The van der Waals surface area contributed by atoms with Crippen molar-refractivity contribution in [2.45, 2.75) is 0 Å². The van der Waals surface area contributed by atoms with E-state index < -0.39 is 11.1 Å². The highest BCUT2D eigenvalue weighted by Gasteiger charge is 2.13. The van der Waals surface area contributed by atoms with Crippen LogP contribution in [0.1, 0.15) is 0 Å². The summed E-state index contributed by atoms with van der Waals surface area (Å²) >= 11 is 0. The van der Waals surface area contributed by atoms with E-state index in [9.17, 15) is 9.59 Å². The fourth-order valence-corrected chi connectivity index (χ4v) is 2.46. The smallest absolute Gasteiger partial charge is 0.314 e. The van der Waals surface area contributed by atoms with Crippen molar-refractivity contribution < 1.29 is 9.47 Å². The zero-order chi connectivity index (χ0) is 17.1. The second kappa shape index (κ2) is 6.45. The van der Waals surface area contributed by atoms with Gasteiger partial charge in [0.25, 0.3) is 0 Å². The zero-order valence-corrected chi connectivity index (χ0v) is 13.3. The van der Waals surface area contributed by atoms with Gasteiger partial charge < -0.3 is 19.4 Å². The maximum atomic E-state index is 11.8. The molecule has 0 aliphatic carbocycles. The van der Waals surface area contributed by atoms with Crippen molar-refractivity contribution in [3.63, 3.8) is 0 Å². The Morgan fingerprint density at radius 1 is 0.708 bits per heavy atom. The molecule has 0 atom stereocenters. The summed E-state index contributed by atoms with van der Waals surface area (Å²) < 4.78 is 10.5. The topological polar surface area (TPSA) is 84.2 Å². The minimum Gasteiger partial charge on any atom is -0.497 e. The molecule has 0 bridgehead atoms. The second-order valence-electron chi connectivity index (χ2n) is 5.12. The quantitative estimate of drug-likeness (QED) is 0.722. The largest absolute Gasteiger partial charge is 0.497 e. The van der Waals surface area contributed by atoms with Gasteiger partial charge in [-0.1, -0.05) is 24.3 Å². The summed E-state index contributed by atoms with van der Waals surface area (Å²) in [7, 11) is 3.13. The van der Waals surface area contributed by atoms with Gasteiger partial charge >= 0.3 is 11.1 Å². The minimum atomic E-state index is -0.709. The first-order valence-corrected chi connectivity index (χ1v) is 7.28. The Labute approximate surface area is 137 Å². The molecule has 0 aliphatic rings. The number of benzene rings is 2. The molecular formula is C18H16N2O4. The molecule has 1 aromatic heterocycles. The number of aromatic nitrogens is 2. The van der Waals surface area contributed by atoms with Gasteiger partial charge in [0.05, 0.1) is 25.6 Å². The van der Waals surface area contributed by atoms with Crippen LogP contribution in [0.2, 0.25) is 0 Å². The minimum absolute atomic E-state index is 0.506. The summed E-state index contributed by atoms with van der Waals surface area (Å²) in [5.41, 5.74) is 1.04. The summed E-state index contributed by atoms with van der Waals surface area (Å²) in [6, 6.07) is 14.5. The Hall–Kier alpha value is -3.28. The molecule has 0 aliphatic heterocycles. The molecular weight excluding hydrogens is 308 g/mol. The van der Waals surface area contributed by atoms with Gasteiger partial charge in [-0.05, 0) is 24.3 Å². The van der Waals surface area contributed by atoms with Crippen molar-refractivity contribution >= 4 is 0 Å². The van der Waals surface area contributed by atoms with Crippen molar-refractivity contribution in [3.8, 4) is 34.0 Å². The third-order valence-corrected chi connectivity index (χ3v) is 3.65. The number of hydrogen-bond acceptors (Lipinski definition) is 4. The number of hydrogen-bond donors (Lipinski definition) is 2. The number of H-pyrrole nitrogens is 2. The summed E-state index contributed by atoms with van der Waals surface area (Å²) in [6.07, 6.45) is 0. The van der Waals surface area contributed by atoms with Gasteiger partial charge in [0.2, 0.25) is 0 Å². The average molecular weight is 324 g/mol. The molecule has 3 aromatic rings. The fourth-order valence-electron chi connectivity index (χ4n) is 2.46. The van der Waals surface area contributed by atoms with Crippen molar-refractivity contribution in [2.24, 2.45) is 0 Å². The van der Waals surface area contributed by atoms with E-state index in [1.54, 1.807) is 38.5 Å². The van der Waals surface area contributed by atoms with Crippen molar-refractivity contribution in [2.75, 3.05) is 14.2 Å². The highest BCUT2D eigenvalue weighted by molar-refractivity contribution is 5.78. The van der Waals surface area contributed by atoms with Crippen molar-refractivity contribution in [3.05, 3.63) is 69.2 Å². The molecule has 1 heterocycles. The lowest BCUT2D eigenvalue weighted by Crippen LogP contribution is -2.30. The lowest BCUT2D eigenvalue weighted by Gasteiger charge is -2.11. The highest BCUT2D eigenvalue weighted by Crippen LogP contribution is 2.30. The molecule has 122 valence electrons. The Morgan fingerprint density at radius 2 is 1.12 bits per heavy atom. The predicted molar refractivity (Wildman–Crippen MR) is 91.7 cm³/mol. The molecule has 2 aromatic carbocycles. The summed E-state index contributed by atoms with van der Waals surface area (Å²) in [6.45, 7) is 0. The molecule has 6 nitrogen and oxygen atoms in total. The van der Waals surface area contributed by atoms with Crippen LogP contribution in [-0.2, 0) is 0 Å². The number of nitrogens with one attached hydrogen (secondary N) is 2. The molecule has 0 spiro atoms. The van der Waals surface area contributed by atoms with Crippen LogP contribution in [0.5, 0.6) is 11.5 Å². The van der Waals surface area contributed by atoms with Crippen molar-refractivity contribution in [1.82, 2.24) is 9.97 Å². The monoisotopic (exact) mass is 324 g/mol. The zero-order valence-electron chi connectivity index (χ0n) is 13.3. The van der Waals surface area contributed by atoms with E-state index in [2.05, 4.69) is 9.97 Å². The summed E-state index contributed by atoms with van der Waals surface area (Å²) in [4.78, 5) is 28.9. The standard InChI is InChI=1S/C18H16N2O4/c1-23-13-7-3-5-11(9-13)15-16(20-18(22)17(21)19-15)12-6-4-8-14(10-12)24-2/h3-10H,1-2H3,(H,19,21)(H,20,22). The van der Waals surface area contributed by atoms with Crippen LogP contribution in [0.15, 0.2) is 58.1 Å². The molecule has 0 radical (unpaired) electrons. The molecule has 3 rings (SSSR count). The number of methoxy groups -OCH3 is 2. The Bertz CT molecular complexity index is 908. The maximum absolute atomic E-state index is 11.8. The Kier molecular flexibility index (Phi) is 4.20. The molecule has 0 amide bonds. The van der Waals surface area contributed by atoms with Gasteiger partial charge in [-0.15, -0.1) is 0 Å². The van der Waals surface area contributed by atoms with E-state index in [4.69, 9.17) is 9.47 Å². The fraction of sp³-hybridized carbons (Fsp3) is 0.111. The van der Waals surface area contributed by atoms with Gasteiger partial charge in [-0.2, -0.15) is 0 Å². The van der Waals surface area contributed by atoms with E-state index in [0.29, 0.717) is 22.9 Å². The lowest BCUT2D eigenvalue weighted by molar-refractivity contribution is 0.415. The van der Waals surface area contributed by atoms with Crippen LogP contribution in [-0.4, -0.2) is 24.2 Å². The highest BCUT2D eigenvalue weighted by atomic mass is 16.5. The maximum Gasteiger partial charge on any atom is 0.314 e. The first-order valence-electron chi connectivity index (χ1n) is 7.28. The van der Waals surface area contributed by atoms with E-state index >= 15 is 0 Å². The van der Waals surface area contributed by atoms with Crippen LogP contribution in [0.3, 0.4) is 0 Å². The molecule has 0 saturated heterocycles. The molecule has 0 saturated carbocycles. The van der Waals surface area contributed by atoms with Crippen LogP contribution in [0.4, 0.5) is 0 Å². The third-order valence-electron chi connectivity index (χ3n) is 3.65. The van der Waals surface area contributed by atoms with Gasteiger partial charge in [-0.25, -0.2) is 0 Å². The van der Waals surface area contributed by atoms with Crippen molar-refractivity contribution in [1.29, 1.82) is 0 Å². The van der Waals surface area contributed by atoms with Crippen LogP contribution in [0, 0.1) is 0 Å². The number of ether oxygens (including phenoxy) is 2.